The fourth-order valence-corrected chi connectivity index (χ4v) is 2.11. The molecule has 1 heterocycles. The number of nitrogens with two attached hydrogens (primary N) is 1. The summed E-state index contributed by atoms with van der Waals surface area (Å²) in [5.74, 6) is 1.27. The molecule has 1 aromatic carbocycles. The van der Waals surface area contributed by atoms with Crippen molar-refractivity contribution in [3.63, 3.8) is 0 Å². The fraction of sp³-hybridized carbons (Fsp3) is 0.273. The second-order valence-corrected chi connectivity index (χ2v) is 4.11. The van der Waals surface area contributed by atoms with Crippen LogP contribution in [-0.4, -0.2) is 15.9 Å². The highest BCUT2D eigenvalue weighted by molar-refractivity contribution is 6.99. The zero-order chi connectivity index (χ0) is 11.7. The monoisotopic (exact) mass is 235 g/mol. The Balaban J connectivity index is 2.66. The van der Waals surface area contributed by atoms with Crippen LogP contribution in [0, 0.1) is 13.8 Å². The Hall–Kier alpha value is -1.62. The lowest BCUT2D eigenvalue weighted by Crippen LogP contribution is -1.96. The third kappa shape index (κ3) is 1.63. The molecular weight excluding hydrogens is 222 g/mol. The van der Waals surface area contributed by atoms with Gasteiger partial charge in [0, 0.05) is 5.56 Å². The zero-order valence-corrected chi connectivity index (χ0v) is 10.3. The van der Waals surface area contributed by atoms with E-state index in [0.717, 1.165) is 28.6 Å². The molecule has 0 saturated carbocycles. The smallest absolute Gasteiger partial charge is 0.165 e. The number of anilines is 1. The van der Waals surface area contributed by atoms with Crippen LogP contribution in [0.2, 0.25) is 0 Å². The van der Waals surface area contributed by atoms with E-state index in [1.54, 1.807) is 7.11 Å². The van der Waals surface area contributed by atoms with Crippen molar-refractivity contribution >= 4 is 17.5 Å². The van der Waals surface area contributed by atoms with Gasteiger partial charge in [0.15, 0.2) is 5.82 Å². The molecular formula is C11H13N3OS. The average molecular weight is 235 g/mol. The quantitative estimate of drug-likeness (QED) is 0.868. The molecule has 2 rings (SSSR count). The summed E-state index contributed by atoms with van der Waals surface area (Å²) < 4.78 is 13.6. The van der Waals surface area contributed by atoms with Crippen molar-refractivity contribution in [3.8, 4) is 17.0 Å². The van der Waals surface area contributed by atoms with E-state index in [4.69, 9.17) is 10.5 Å². The molecule has 2 N–H and O–H groups in total. The van der Waals surface area contributed by atoms with Crippen LogP contribution in [0.3, 0.4) is 0 Å². The van der Waals surface area contributed by atoms with Crippen LogP contribution in [0.25, 0.3) is 11.3 Å². The van der Waals surface area contributed by atoms with Gasteiger partial charge in [-0.1, -0.05) is 6.07 Å². The molecule has 0 atom stereocenters. The molecule has 0 bridgehead atoms. The minimum absolute atomic E-state index is 0.451. The van der Waals surface area contributed by atoms with Crippen LogP contribution in [0.15, 0.2) is 12.1 Å². The third-order valence-electron chi connectivity index (χ3n) is 2.65. The Labute approximate surface area is 98.4 Å². The van der Waals surface area contributed by atoms with Gasteiger partial charge >= 0.3 is 0 Å². The fourth-order valence-electron chi connectivity index (χ4n) is 1.62. The highest BCUT2D eigenvalue weighted by Gasteiger charge is 2.15. The zero-order valence-electron chi connectivity index (χ0n) is 9.44. The van der Waals surface area contributed by atoms with Gasteiger partial charge in [-0.15, -0.1) is 0 Å². The van der Waals surface area contributed by atoms with Crippen molar-refractivity contribution in [2.75, 3.05) is 12.8 Å². The van der Waals surface area contributed by atoms with Crippen molar-refractivity contribution in [3.05, 3.63) is 23.3 Å². The summed E-state index contributed by atoms with van der Waals surface area (Å²) in [6.07, 6.45) is 0. The summed E-state index contributed by atoms with van der Waals surface area (Å²) in [6, 6.07) is 4.00. The topological polar surface area (TPSA) is 61.0 Å². The maximum Gasteiger partial charge on any atom is 0.165 e. The van der Waals surface area contributed by atoms with Crippen molar-refractivity contribution in [2.45, 2.75) is 13.8 Å². The van der Waals surface area contributed by atoms with E-state index in [1.807, 2.05) is 26.0 Å². The average Bonchev–Trinajstić information content (AvgIpc) is 2.68. The molecule has 5 heteroatoms. The molecule has 0 unspecified atom stereocenters. The maximum atomic E-state index is 5.77. The summed E-state index contributed by atoms with van der Waals surface area (Å²) in [5.41, 5.74) is 9.65. The highest BCUT2D eigenvalue weighted by atomic mass is 32.1. The summed E-state index contributed by atoms with van der Waals surface area (Å²) in [4.78, 5) is 0. The number of nitrogen functional groups attached to an aromatic ring is 1. The van der Waals surface area contributed by atoms with E-state index < -0.39 is 0 Å². The molecule has 16 heavy (non-hydrogen) atoms. The number of nitrogens with zero attached hydrogens (tertiary/aromatic N) is 2. The van der Waals surface area contributed by atoms with Gasteiger partial charge in [0.25, 0.3) is 0 Å². The van der Waals surface area contributed by atoms with E-state index in [2.05, 4.69) is 8.75 Å². The normalized spacial score (nSPS) is 10.4. The molecule has 0 saturated heterocycles. The van der Waals surface area contributed by atoms with Gasteiger partial charge in [0.05, 0.1) is 18.8 Å². The first kappa shape index (κ1) is 10.9. The second kappa shape index (κ2) is 4.09. The van der Waals surface area contributed by atoms with E-state index in [1.165, 1.54) is 5.56 Å². The van der Waals surface area contributed by atoms with Gasteiger partial charge in [-0.2, -0.15) is 8.75 Å². The van der Waals surface area contributed by atoms with E-state index in [9.17, 15) is 0 Å². The van der Waals surface area contributed by atoms with Crippen molar-refractivity contribution in [1.29, 1.82) is 0 Å². The van der Waals surface area contributed by atoms with Gasteiger partial charge in [-0.05, 0) is 31.0 Å². The Bertz CT molecular complexity index is 522. The first-order valence-corrected chi connectivity index (χ1v) is 5.60. The molecule has 0 aliphatic heterocycles. The lowest BCUT2D eigenvalue weighted by Gasteiger charge is -2.11. The standard InChI is InChI=1S/C11H13N3OS/c1-6-4-5-8(10(15-3)7(6)2)9-11(12)14-16-13-9/h4-5H,1-3H3,(H2,12,14). The van der Waals surface area contributed by atoms with Gasteiger partial charge in [-0.3, -0.25) is 0 Å². The Morgan fingerprint density at radius 1 is 1.25 bits per heavy atom. The molecule has 0 aliphatic rings. The SMILES string of the molecule is COc1c(-c2nsnc2N)ccc(C)c1C. The largest absolute Gasteiger partial charge is 0.496 e. The minimum Gasteiger partial charge on any atom is -0.496 e. The van der Waals surface area contributed by atoms with E-state index in [-0.39, 0.29) is 0 Å². The van der Waals surface area contributed by atoms with Crippen LogP contribution in [0.5, 0.6) is 5.75 Å². The lowest BCUT2D eigenvalue weighted by molar-refractivity contribution is 0.413. The van der Waals surface area contributed by atoms with E-state index in [0.29, 0.717) is 11.5 Å². The van der Waals surface area contributed by atoms with Crippen molar-refractivity contribution < 1.29 is 4.74 Å². The molecule has 0 radical (unpaired) electrons. The van der Waals surface area contributed by atoms with Crippen LogP contribution in [0.4, 0.5) is 5.82 Å². The molecule has 0 amide bonds. The minimum atomic E-state index is 0.451. The number of rotatable bonds is 2. The van der Waals surface area contributed by atoms with Crippen LogP contribution >= 0.6 is 11.7 Å². The molecule has 4 nitrogen and oxygen atoms in total. The first-order chi connectivity index (χ1) is 7.65. The highest BCUT2D eigenvalue weighted by Crippen LogP contribution is 2.35. The van der Waals surface area contributed by atoms with Crippen molar-refractivity contribution in [1.82, 2.24) is 8.75 Å². The van der Waals surface area contributed by atoms with Crippen LogP contribution < -0.4 is 10.5 Å². The predicted molar refractivity (Wildman–Crippen MR) is 65.8 cm³/mol. The molecule has 84 valence electrons. The predicted octanol–water partition coefficient (Wildman–Crippen LogP) is 2.41. The molecule has 2 aromatic rings. The number of hydrogen-bond acceptors (Lipinski definition) is 5. The number of aryl methyl sites for hydroxylation is 1. The first-order valence-electron chi connectivity index (χ1n) is 4.87. The molecule has 0 spiro atoms. The third-order valence-corrected chi connectivity index (χ3v) is 3.19. The number of aromatic nitrogens is 2. The second-order valence-electron chi connectivity index (χ2n) is 3.59. The number of benzene rings is 1. The molecule has 1 aromatic heterocycles. The summed E-state index contributed by atoms with van der Waals surface area (Å²) in [5, 5.41) is 0. The van der Waals surface area contributed by atoms with Gasteiger partial charge in [0.1, 0.15) is 11.4 Å². The lowest BCUT2D eigenvalue weighted by atomic mass is 10.0. The van der Waals surface area contributed by atoms with Crippen LogP contribution in [0.1, 0.15) is 11.1 Å². The number of hydrogen-bond donors (Lipinski definition) is 1. The van der Waals surface area contributed by atoms with Crippen LogP contribution in [-0.2, 0) is 0 Å². The number of methoxy groups -OCH3 is 1. The number of ether oxygens (including phenoxy) is 1. The van der Waals surface area contributed by atoms with Crippen molar-refractivity contribution in [2.24, 2.45) is 0 Å². The van der Waals surface area contributed by atoms with Gasteiger partial charge < -0.3 is 10.5 Å². The Morgan fingerprint density at radius 2 is 2.00 bits per heavy atom. The molecule has 0 fully saturated rings. The Morgan fingerprint density at radius 3 is 2.56 bits per heavy atom. The summed E-state index contributed by atoms with van der Waals surface area (Å²) in [7, 11) is 1.65. The van der Waals surface area contributed by atoms with E-state index >= 15 is 0 Å². The summed E-state index contributed by atoms with van der Waals surface area (Å²) >= 11 is 1.11. The molecule has 0 aliphatic carbocycles. The Kier molecular flexibility index (Phi) is 2.78. The van der Waals surface area contributed by atoms with Gasteiger partial charge in [0.2, 0.25) is 0 Å². The maximum absolute atomic E-state index is 5.77. The van der Waals surface area contributed by atoms with Gasteiger partial charge in [-0.25, -0.2) is 0 Å². The summed E-state index contributed by atoms with van der Waals surface area (Å²) in [6.45, 7) is 4.07.